The van der Waals surface area contributed by atoms with Crippen LogP contribution in [0.25, 0.3) is 0 Å². The van der Waals surface area contributed by atoms with E-state index in [4.69, 9.17) is 4.52 Å². The van der Waals surface area contributed by atoms with E-state index in [0.29, 0.717) is 6.10 Å². The Kier molecular flexibility index (Phi) is 3.16. The Morgan fingerprint density at radius 2 is 1.89 bits per heavy atom. The van der Waals surface area contributed by atoms with Gasteiger partial charge in [0.1, 0.15) is 6.10 Å². The summed E-state index contributed by atoms with van der Waals surface area (Å²) in [6.07, 6.45) is 6.32. The molecule has 1 aliphatic carbocycles. The molecule has 0 radical (unpaired) electrons. The fraction of sp³-hybridized carbons (Fsp3) is 1.00. The minimum Gasteiger partial charge on any atom is -0.145 e. The monoisotopic (exact) mass is 147 g/mol. The molecule has 0 aromatic rings. The van der Waals surface area contributed by atoms with Crippen molar-refractivity contribution in [3.8, 4) is 0 Å². The van der Waals surface area contributed by atoms with E-state index in [1.165, 1.54) is 19.3 Å². The van der Waals surface area contributed by atoms with Crippen molar-refractivity contribution in [1.82, 2.24) is 0 Å². The molecule has 0 amide bonds. The van der Waals surface area contributed by atoms with Crippen LogP contribution in [0.5, 0.6) is 0 Å². The Morgan fingerprint density at radius 1 is 1.22 bits per heavy atom. The minimum absolute atomic E-state index is 0.301. The molecule has 1 unspecified atom stereocenters. The third kappa shape index (κ3) is 2.42. The van der Waals surface area contributed by atoms with Crippen LogP contribution >= 0.6 is 8.69 Å². The third-order valence-corrected chi connectivity index (χ3v) is 2.20. The van der Waals surface area contributed by atoms with Crippen LogP contribution in [0.15, 0.2) is 0 Å². The smallest absolute Gasteiger partial charge is 0.145 e. The van der Waals surface area contributed by atoms with E-state index in [1.54, 1.807) is 0 Å². The van der Waals surface area contributed by atoms with Gasteiger partial charge < -0.3 is 0 Å². The highest BCUT2D eigenvalue weighted by Gasteiger charge is 2.16. The summed E-state index contributed by atoms with van der Waals surface area (Å²) in [5.74, 6) is 0. The van der Waals surface area contributed by atoms with Crippen molar-refractivity contribution in [1.29, 1.82) is 0 Å². The standard InChI is InChI=1S/C6H12O2P/c7-9-8-6-4-2-1-3-5-6/h6,9H,1-5H2/q+1. The summed E-state index contributed by atoms with van der Waals surface area (Å²) in [5, 5.41) is 0. The molecule has 0 aromatic heterocycles. The molecular weight excluding hydrogens is 135 g/mol. The Labute approximate surface area is 56.9 Å². The summed E-state index contributed by atoms with van der Waals surface area (Å²) in [6.45, 7) is 0. The Bertz CT molecular complexity index is 89.1. The molecule has 0 saturated heterocycles. The summed E-state index contributed by atoms with van der Waals surface area (Å²) in [5.41, 5.74) is 0. The average Bonchev–Trinajstić information content (AvgIpc) is 1.91. The Hall–Kier alpha value is 0.0600. The molecule has 0 aliphatic heterocycles. The number of hydrogen-bond acceptors (Lipinski definition) is 2. The molecule has 2 nitrogen and oxygen atoms in total. The summed E-state index contributed by atoms with van der Waals surface area (Å²) in [7, 11) is -0.561. The average molecular weight is 147 g/mol. The van der Waals surface area contributed by atoms with Crippen molar-refractivity contribution in [3.05, 3.63) is 0 Å². The van der Waals surface area contributed by atoms with Gasteiger partial charge in [-0.15, -0.1) is 4.52 Å². The first kappa shape index (κ1) is 7.17. The van der Waals surface area contributed by atoms with Crippen LogP contribution in [0.2, 0.25) is 0 Å². The highest BCUT2D eigenvalue weighted by molar-refractivity contribution is 7.17. The predicted octanol–water partition coefficient (Wildman–Crippen LogP) is 2.27. The molecule has 1 rings (SSSR count). The molecule has 1 fully saturated rings. The van der Waals surface area contributed by atoms with Gasteiger partial charge in [0.2, 0.25) is 0 Å². The van der Waals surface area contributed by atoms with Crippen molar-refractivity contribution < 1.29 is 9.09 Å². The van der Waals surface area contributed by atoms with Gasteiger partial charge in [-0.3, -0.25) is 0 Å². The zero-order valence-corrected chi connectivity index (χ0v) is 6.43. The molecule has 0 bridgehead atoms. The normalized spacial score (nSPS) is 22.7. The largest absolute Gasteiger partial charge is 0.494 e. The molecule has 0 aromatic carbocycles. The van der Waals surface area contributed by atoms with Crippen molar-refractivity contribution in [2.75, 3.05) is 0 Å². The van der Waals surface area contributed by atoms with Gasteiger partial charge in [-0.2, -0.15) is 0 Å². The first-order valence-corrected chi connectivity index (χ1v) is 4.28. The Morgan fingerprint density at radius 3 is 2.44 bits per heavy atom. The van der Waals surface area contributed by atoms with Gasteiger partial charge in [0.25, 0.3) is 0 Å². The van der Waals surface area contributed by atoms with Gasteiger partial charge in [0, 0.05) is 0 Å². The van der Waals surface area contributed by atoms with Crippen molar-refractivity contribution >= 4 is 8.69 Å². The van der Waals surface area contributed by atoms with E-state index in [1.807, 2.05) is 0 Å². The SMILES string of the molecule is O=[PH+]OC1CCCCC1. The summed E-state index contributed by atoms with van der Waals surface area (Å²) >= 11 is 0. The van der Waals surface area contributed by atoms with Gasteiger partial charge in [-0.25, -0.2) is 0 Å². The first-order chi connectivity index (χ1) is 4.43. The van der Waals surface area contributed by atoms with Crippen LogP contribution in [0.3, 0.4) is 0 Å². The molecule has 1 saturated carbocycles. The lowest BCUT2D eigenvalue weighted by molar-refractivity contribution is 0.172. The van der Waals surface area contributed by atoms with Crippen LogP contribution in [-0.2, 0) is 9.09 Å². The van der Waals surface area contributed by atoms with E-state index in [9.17, 15) is 4.57 Å². The highest BCUT2D eigenvalue weighted by Crippen LogP contribution is 2.22. The molecule has 9 heavy (non-hydrogen) atoms. The molecule has 0 N–H and O–H groups in total. The lowest BCUT2D eigenvalue weighted by atomic mass is 9.98. The number of hydrogen-bond donors (Lipinski definition) is 0. The van der Waals surface area contributed by atoms with Gasteiger partial charge in [-0.05, 0) is 17.4 Å². The molecule has 0 spiro atoms. The molecular formula is C6H12O2P+. The Balaban J connectivity index is 2.15. The van der Waals surface area contributed by atoms with Gasteiger partial charge in [-0.1, -0.05) is 19.3 Å². The topological polar surface area (TPSA) is 26.3 Å². The van der Waals surface area contributed by atoms with E-state index in [0.717, 1.165) is 12.8 Å². The maximum Gasteiger partial charge on any atom is 0.494 e. The second kappa shape index (κ2) is 3.97. The van der Waals surface area contributed by atoms with Crippen LogP contribution in [0, 0.1) is 0 Å². The van der Waals surface area contributed by atoms with Gasteiger partial charge in [0.05, 0.1) is 0 Å². The van der Waals surface area contributed by atoms with Crippen molar-refractivity contribution in [3.63, 3.8) is 0 Å². The summed E-state index contributed by atoms with van der Waals surface area (Å²) in [4.78, 5) is 0. The summed E-state index contributed by atoms with van der Waals surface area (Å²) in [6, 6.07) is 0. The predicted molar refractivity (Wildman–Crippen MR) is 37.0 cm³/mol. The highest BCUT2D eigenvalue weighted by atomic mass is 31.1. The second-order valence-electron chi connectivity index (χ2n) is 2.46. The minimum atomic E-state index is -0.561. The third-order valence-electron chi connectivity index (χ3n) is 1.77. The zero-order chi connectivity index (χ0) is 6.53. The quantitative estimate of drug-likeness (QED) is 0.560. The maximum absolute atomic E-state index is 10.0. The van der Waals surface area contributed by atoms with Crippen molar-refractivity contribution in [2.24, 2.45) is 0 Å². The lowest BCUT2D eigenvalue weighted by Crippen LogP contribution is -2.11. The maximum atomic E-state index is 10.0. The fourth-order valence-electron chi connectivity index (χ4n) is 1.25. The summed E-state index contributed by atoms with van der Waals surface area (Å²) < 4.78 is 15.0. The van der Waals surface area contributed by atoms with E-state index < -0.39 is 8.69 Å². The zero-order valence-electron chi connectivity index (χ0n) is 5.43. The first-order valence-electron chi connectivity index (χ1n) is 3.46. The molecule has 52 valence electrons. The second-order valence-corrected chi connectivity index (χ2v) is 2.86. The van der Waals surface area contributed by atoms with Crippen LogP contribution in [0.4, 0.5) is 0 Å². The molecule has 1 aliphatic rings. The van der Waals surface area contributed by atoms with Crippen LogP contribution < -0.4 is 0 Å². The van der Waals surface area contributed by atoms with Gasteiger partial charge >= 0.3 is 8.69 Å². The van der Waals surface area contributed by atoms with E-state index in [2.05, 4.69) is 0 Å². The van der Waals surface area contributed by atoms with E-state index >= 15 is 0 Å². The van der Waals surface area contributed by atoms with Crippen molar-refractivity contribution in [2.45, 2.75) is 38.2 Å². The van der Waals surface area contributed by atoms with Crippen LogP contribution in [0.1, 0.15) is 32.1 Å². The van der Waals surface area contributed by atoms with E-state index in [-0.39, 0.29) is 0 Å². The fourth-order valence-corrected chi connectivity index (χ4v) is 1.62. The molecule has 1 atom stereocenters. The number of rotatable bonds is 2. The lowest BCUT2D eigenvalue weighted by Gasteiger charge is -2.14. The van der Waals surface area contributed by atoms with Gasteiger partial charge in [0.15, 0.2) is 0 Å². The molecule has 3 heteroatoms. The molecule has 0 heterocycles. The van der Waals surface area contributed by atoms with Crippen LogP contribution in [-0.4, -0.2) is 6.10 Å².